The number of carbonyl (C=O) groups excluding carboxylic acids is 1. The van der Waals surface area contributed by atoms with Crippen LogP contribution < -0.4 is 5.32 Å². The van der Waals surface area contributed by atoms with Gasteiger partial charge in [-0.2, -0.15) is 4.52 Å². The highest BCUT2D eigenvalue weighted by Gasteiger charge is 2.17. The number of rotatable bonds is 5. The number of carbonyl (C=O) groups is 1. The Balaban J connectivity index is 1.76. The molecular weight excluding hydrogens is 284 g/mol. The second-order valence-electron chi connectivity index (χ2n) is 4.98. The number of aromatic nitrogens is 7. The van der Waals surface area contributed by atoms with Gasteiger partial charge in [-0.3, -0.25) is 4.79 Å². The van der Waals surface area contributed by atoms with E-state index >= 15 is 0 Å². The summed E-state index contributed by atoms with van der Waals surface area (Å²) in [5, 5.41) is 22.0. The fourth-order valence-corrected chi connectivity index (χ4v) is 2.23. The lowest BCUT2D eigenvalue weighted by Crippen LogP contribution is -2.29. The molecule has 9 nitrogen and oxygen atoms in total. The Morgan fingerprint density at radius 2 is 2.23 bits per heavy atom. The van der Waals surface area contributed by atoms with E-state index in [-0.39, 0.29) is 11.9 Å². The second kappa shape index (κ2) is 5.88. The number of hydrogen-bond donors (Lipinski definition) is 1. The van der Waals surface area contributed by atoms with Crippen molar-refractivity contribution in [3.05, 3.63) is 36.0 Å². The molecule has 0 bridgehead atoms. The molecule has 3 rings (SSSR count). The number of tetrazole rings is 1. The average Bonchev–Trinajstić information content (AvgIpc) is 3.15. The maximum Gasteiger partial charge on any atom is 0.253 e. The first-order chi connectivity index (χ1) is 10.7. The Kier molecular flexibility index (Phi) is 3.77. The molecule has 0 saturated carbocycles. The molecule has 1 amide bonds. The predicted octanol–water partition coefficient (Wildman–Crippen LogP) is 0.617. The van der Waals surface area contributed by atoms with E-state index in [2.05, 4.69) is 38.0 Å². The first-order valence-electron chi connectivity index (χ1n) is 7.05. The van der Waals surface area contributed by atoms with Gasteiger partial charge in [-0.15, -0.1) is 15.3 Å². The van der Waals surface area contributed by atoms with Crippen LogP contribution in [0.1, 0.15) is 42.5 Å². The summed E-state index contributed by atoms with van der Waals surface area (Å²) in [5.74, 6) is 0.523. The molecule has 0 aromatic carbocycles. The molecule has 1 N–H and O–H groups in total. The van der Waals surface area contributed by atoms with Crippen molar-refractivity contribution >= 4 is 11.6 Å². The smallest absolute Gasteiger partial charge is 0.253 e. The van der Waals surface area contributed by atoms with Crippen LogP contribution in [0.2, 0.25) is 0 Å². The molecule has 3 heterocycles. The zero-order chi connectivity index (χ0) is 15.5. The zero-order valence-corrected chi connectivity index (χ0v) is 12.3. The van der Waals surface area contributed by atoms with Crippen molar-refractivity contribution in [2.24, 2.45) is 0 Å². The molecule has 22 heavy (non-hydrogen) atoms. The molecule has 3 aromatic heterocycles. The van der Waals surface area contributed by atoms with Crippen molar-refractivity contribution in [3.63, 3.8) is 0 Å². The molecule has 0 saturated heterocycles. The molecule has 9 heteroatoms. The molecule has 114 valence electrons. The second-order valence-corrected chi connectivity index (χ2v) is 4.98. The quantitative estimate of drug-likeness (QED) is 0.741. The van der Waals surface area contributed by atoms with Gasteiger partial charge < -0.3 is 9.88 Å². The molecule has 3 aromatic rings. The molecule has 0 aliphatic heterocycles. The highest BCUT2D eigenvalue weighted by atomic mass is 16.1. The molecule has 0 aliphatic rings. The molecule has 0 spiro atoms. The van der Waals surface area contributed by atoms with Crippen LogP contribution in [0.4, 0.5) is 0 Å². The molecule has 1 atom stereocenters. The number of nitrogens with zero attached hydrogens (tertiary/aromatic N) is 7. The monoisotopic (exact) mass is 300 g/mol. The average molecular weight is 300 g/mol. The van der Waals surface area contributed by atoms with E-state index in [4.69, 9.17) is 0 Å². The van der Waals surface area contributed by atoms with Crippen LogP contribution in [-0.2, 0) is 6.54 Å². The van der Waals surface area contributed by atoms with Gasteiger partial charge >= 0.3 is 0 Å². The Bertz CT molecular complexity index is 792. The number of hydrogen-bond acceptors (Lipinski definition) is 6. The van der Waals surface area contributed by atoms with E-state index in [1.165, 1.54) is 4.52 Å². The SMILES string of the molecule is CCCn1cnnc1[C@@H](C)NC(=O)c1ccc2nnnn2c1. The Morgan fingerprint density at radius 3 is 3.05 bits per heavy atom. The summed E-state index contributed by atoms with van der Waals surface area (Å²) in [4.78, 5) is 12.3. The first-order valence-corrected chi connectivity index (χ1v) is 7.05. The third kappa shape index (κ3) is 2.65. The van der Waals surface area contributed by atoms with Crippen LogP contribution in [0.5, 0.6) is 0 Å². The third-order valence-electron chi connectivity index (χ3n) is 3.30. The molecule has 0 fully saturated rings. The lowest BCUT2D eigenvalue weighted by molar-refractivity contribution is 0.0937. The maximum atomic E-state index is 12.3. The largest absolute Gasteiger partial charge is 0.342 e. The summed E-state index contributed by atoms with van der Waals surface area (Å²) in [6.07, 6.45) is 4.24. The van der Waals surface area contributed by atoms with Crippen LogP contribution in [0, 0.1) is 0 Å². The topological polar surface area (TPSA) is 103 Å². The summed E-state index contributed by atoms with van der Waals surface area (Å²) < 4.78 is 3.40. The summed E-state index contributed by atoms with van der Waals surface area (Å²) >= 11 is 0. The normalized spacial score (nSPS) is 12.5. The fraction of sp³-hybridized carbons (Fsp3) is 0.385. The lowest BCUT2D eigenvalue weighted by atomic mass is 10.2. The minimum atomic E-state index is -0.244. The van der Waals surface area contributed by atoms with Gasteiger partial charge in [0.1, 0.15) is 6.33 Å². The van der Waals surface area contributed by atoms with E-state index in [1.54, 1.807) is 24.7 Å². The van der Waals surface area contributed by atoms with Crippen LogP contribution >= 0.6 is 0 Å². The minimum absolute atomic E-state index is 0.212. The zero-order valence-electron chi connectivity index (χ0n) is 12.3. The van der Waals surface area contributed by atoms with Gasteiger partial charge in [-0.25, -0.2) is 0 Å². The number of amides is 1. The highest BCUT2D eigenvalue weighted by Crippen LogP contribution is 2.11. The number of nitrogens with one attached hydrogen (secondary N) is 1. The van der Waals surface area contributed by atoms with Crippen molar-refractivity contribution in [2.45, 2.75) is 32.9 Å². The van der Waals surface area contributed by atoms with E-state index in [0.29, 0.717) is 11.2 Å². The summed E-state index contributed by atoms with van der Waals surface area (Å²) in [7, 11) is 0. The standard InChI is InChI=1S/C13H16N8O/c1-3-6-20-8-14-17-12(20)9(2)15-13(22)10-4-5-11-16-18-19-21(11)7-10/h4-5,7-9H,3,6H2,1-2H3,(H,15,22)/t9-/m1/s1. The van der Waals surface area contributed by atoms with Gasteiger partial charge in [0.05, 0.1) is 11.6 Å². The van der Waals surface area contributed by atoms with E-state index in [1.807, 2.05) is 11.5 Å². The van der Waals surface area contributed by atoms with Crippen molar-refractivity contribution in [1.29, 1.82) is 0 Å². The van der Waals surface area contributed by atoms with Gasteiger partial charge in [-0.1, -0.05) is 6.92 Å². The number of pyridine rings is 1. The lowest BCUT2D eigenvalue weighted by Gasteiger charge is -2.14. The number of aryl methyl sites for hydroxylation is 1. The van der Waals surface area contributed by atoms with Crippen LogP contribution in [0.15, 0.2) is 24.7 Å². The molecule has 0 unspecified atom stereocenters. The van der Waals surface area contributed by atoms with Crippen molar-refractivity contribution in [1.82, 2.24) is 40.1 Å². The maximum absolute atomic E-state index is 12.3. The van der Waals surface area contributed by atoms with E-state index < -0.39 is 0 Å². The van der Waals surface area contributed by atoms with E-state index in [0.717, 1.165) is 18.8 Å². The van der Waals surface area contributed by atoms with Crippen LogP contribution in [0.3, 0.4) is 0 Å². The third-order valence-corrected chi connectivity index (χ3v) is 3.30. The fourth-order valence-electron chi connectivity index (χ4n) is 2.23. The highest BCUT2D eigenvalue weighted by molar-refractivity contribution is 5.94. The minimum Gasteiger partial charge on any atom is -0.342 e. The van der Waals surface area contributed by atoms with Crippen molar-refractivity contribution in [2.75, 3.05) is 0 Å². The number of fused-ring (bicyclic) bond motifs is 1. The Hall–Kier alpha value is -2.84. The van der Waals surface area contributed by atoms with Crippen LogP contribution in [0.25, 0.3) is 5.65 Å². The van der Waals surface area contributed by atoms with Crippen LogP contribution in [-0.4, -0.2) is 40.7 Å². The van der Waals surface area contributed by atoms with Gasteiger partial charge in [0, 0.05) is 12.7 Å². The van der Waals surface area contributed by atoms with Gasteiger partial charge in [0.2, 0.25) is 0 Å². The Labute approximate surface area is 126 Å². The van der Waals surface area contributed by atoms with Crippen molar-refractivity contribution < 1.29 is 4.79 Å². The van der Waals surface area contributed by atoms with Gasteiger partial charge in [0.15, 0.2) is 11.5 Å². The van der Waals surface area contributed by atoms with Crippen molar-refractivity contribution in [3.8, 4) is 0 Å². The predicted molar refractivity (Wildman–Crippen MR) is 77.0 cm³/mol. The first kappa shape index (κ1) is 14.1. The molecule has 0 radical (unpaired) electrons. The Morgan fingerprint density at radius 1 is 1.36 bits per heavy atom. The summed E-state index contributed by atoms with van der Waals surface area (Å²) in [5.41, 5.74) is 1.07. The molecular formula is C13H16N8O. The van der Waals surface area contributed by atoms with Gasteiger partial charge in [0.25, 0.3) is 5.91 Å². The summed E-state index contributed by atoms with van der Waals surface area (Å²) in [6, 6.07) is 3.13. The van der Waals surface area contributed by atoms with Gasteiger partial charge in [-0.05, 0) is 35.9 Å². The summed E-state index contributed by atoms with van der Waals surface area (Å²) in [6.45, 7) is 4.77. The molecule has 0 aliphatic carbocycles. The van der Waals surface area contributed by atoms with E-state index in [9.17, 15) is 4.79 Å².